The molecule has 0 spiro atoms. The van der Waals surface area contributed by atoms with Gasteiger partial charge in [-0.15, -0.1) is 24.0 Å². The molecule has 0 aromatic heterocycles. The Morgan fingerprint density at radius 3 is 2.52 bits per heavy atom. The van der Waals surface area contributed by atoms with Crippen molar-refractivity contribution in [2.24, 2.45) is 10.4 Å². The maximum Gasteiger partial charge on any atom is 0.191 e. The average Bonchev–Trinajstić information content (AvgIpc) is 3.18. The van der Waals surface area contributed by atoms with Crippen molar-refractivity contribution >= 4 is 45.5 Å². The molecule has 1 unspecified atom stereocenters. The highest BCUT2D eigenvalue weighted by Crippen LogP contribution is 2.24. The third kappa shape index (κ3) is 9.11. The summed E-state index contributed by atoms with van der Waals surface area (Å²) in [4.78, 5) is 6.77. The van der Waals surface area contributed by atoms with Crippen molar-refractivity contribution in [2.75, 3.05) is 43.6 Å². The molecule has 1 heterocycles. The smallest absolute Gasteiger partial charge is 0.191 e. The van der Waals surface area contributed by atoms with Gasteiger partial charge in [-0.05, 0) is 49.3 Å². The lowest BCUT2D eigenvalue weighted by molar-refractivity contribution is 0.348. The summed E-state index contributed by atoms with van der Waals surface area (Å²) < 4.78 is 22.9. The molecule has 8 heteroatoms. The zero-order chi connectivity index (χ0) is 20.8. The van der Waals surface area contributed by atoms with E-state index < -0.39 is 9.84 Å². The summed E-state index contributed by atoms with van der Waals surface area (Å²) in [5.74, 6) is 0.930. The van der Waals surface area contributed by atoms with Crippen molar-refractivity contribution in [1.29, 1.82) is 0 Å². The van der Waals surface area contributed by atoms with E-state index in [0.717, 1.165) is 19.0 Å². The maximum absolute atomic E-state index is 11.4. The highest BCUT2D eigenvalue weighted by atomic mass is 127. The molecular formula is C21H37IN4O2S. The van der Waals surface area contributed by atoms with E-state index >= 15 is 0 Å². The standard InChI is InChI=1S/C21H36N4O2S.HI/c1-17(18-9-8-10-19(15-18)25-12-6-7-13-25)24-20(22-4)23-16-21(2,3)11-14-28(5,26)27;/h8-10,15,17H,6-7,11-14,16H2,1-5H3,(H2,22,23,24);1H. The molecule has 1 aliphatic rings. The number of anilines is 1. The van der Waals surface area contributed by atoms with E-state index in [2.05, 4.69) is 65.6 Å². The fourth-order valence-corrected chi connectivity index (χ4v) is 4.25. The predicted molar refractivity (Wildman–Crippen MR) is 134 cm³/mol. The van der Waals surface area contributed by atoms with Crippen molar-refractivity contribution in [3.05, 3.63) is 29.8 Å². The Morgan fingerprint density at radius 1 is 1.28 bits per heavy atom. The van der Waals surface area contributed by atoms with Crippen LogP contribution in [-0.2, 0) is 9.84 Å². The summed E-state index contributed by atoms with van der Waals surface area (Å²) in [5, 5.41) is 6.80. The van der Waals surface area contributed by atoms with Crippen LogP contribution in [0.4, 0.5) is 5.69 Å². The normalized spacial score (nSPS) is 16.3. The maximum atomic E-state index is 11.4. The van der Waals surface area contributed by atoms with Crippen LogP contribution < -0.4 is 15.5 Å². The largest absolute Gasteiger partial charge is 0.372 e. The number of nitrogens with zero attached hydrogens (tertiary/aromatic N) is 2. The van der Waals surface area contributed by atoms with Gasteiger partial charge < -0.3 is 15.5 Å². The molecule has 1 aromatic carbocycles. The van der Waals surface area contributed by atoms with E-state index in [4.69, 9.17) is 0 Å². The van der Waals surface area contributed by atoms with Gasteiger partial charge >= 0.3 is 0 Å². The van der Waals surface area contributed by atoms with E-state index in [9.17, 15) is 8.42 Å². The highest BCUT2D eigenvalue weighted by molar-refractivity contribution is 14.0. The molecule has 0 radical (unpaired) electrons. The number of hydrogen-bond donors (Lipinski definition) is 2. The number of hydrogen-bond acceptors (Lipinski definition) is 4. The van der Waals surface area contributed by atoms with Gasteiger partial charge in [0.2, 0.25) is 0 Å². The molecule has 1 aliphatic heterocycles. The van der Waals surface area contributed by atoms with Crippen molar-refractivity contribution < 1.29 is 8.42 Å². The molecule has 2 rings (SSSR count). The Bertz CT molecular complexity index is 775. The first kappa shape index (κ1) is 26.0. The number of nitrogens with one attached hydrogen (secondary N) is 2. The zero-order valence-electron chi connectivity index (χ0n) is 18.4. The quantitative estimate of drug-likeness (QED) is 0.302. The number of aliphatic imine (C=N–C) groups is 1. The van der Waals surface area contributed by atoms with E-state index in [0.29, 0.717) is 13.0 Å². The van der Waals surface area contributed by atoms with Gasteiger partial charge in [-0.2, -0.15) is 0 Å². The minimum atomic E-state index is -2.95. The summed E-state index contributed by atoms with van der Waals surface area (Å²) in [5.41, 5.74) is 2.37. The first-order valence-corrected chi connectivity index (χ1v) is 12.2. The second-order valence-corrected chi connectivity index (χ2v) is 10.9. The first-order chi connectivity index (χ1) is 13.1. The van der Waals surface area contributed by atoms with Crippen LogP contribution in [0.3, 0.4) is 0 Å². The zero-order valence-corrected chi connectivity index (χ0v) is 21.5. The van der Waals surface area contributed by atoms with Crippen LogP contribution in [0.5, 0.6) is 0 Å². The molecule has 1 aromatic rings. The van der Waals surface area contributed by atoms with Gasteiger partial charge in [0, 0.05) is 38.6 Å². The molecule has 1 saturated heterocycles. The molecule has 0 aliphatic carbocycles. The second kappa shape index (κ2) is 11.4. The third-order valence-electron chi connectivity index (χ3n) is 5.30. The Hall–Kier alpha value is -1.03. The van der Waals surface area contributed by atoms with Crippen LogP contribution in [-0.4, -0.2) is 53.1 Å². The van der Waals surface area contributed by atoms with Crippen LogP contribution in [0.2, 0.25) is 0 Å². The summed E-state index contributed by atoms with van der Waals surface area (Å²) in [6, 6.07) is 8.81. The van der Waals surface area contributed by atoms with Crippen LogP contribution >= 0.6 is 24.0 Å². The number of benzene rings is 1. The van der Waals surface area contributed by atoms with Crippen molar-refractivity contribution in [3.8, 4) is 0 Å². The number of halogens is 1. The number of guanidine groups is 1. The van der Waals surface area contributed by atoms with Crippen molar-refractivity contribution in [3.63, 3.8) is 0 Å². The van der Waals surface area contributed by atoms with Gasteiger partial charge in [-0.25, -0.2) is 8.42 Å². The molecule has 0 amide bonds. The fraction of sp³-hybridized carbons (Fsp3) is 0.667. The molecule has 29 heavy (non-hydrogen) atoms. The van der Waals surface area contributed by atoms with Gasteiger partial charge in [-0.1, -0.05) is 26.0 Å². The molecule has 6 nitrogen and oxygen atoms in total. The predicted octanol–water partition coefficient (Wildman–Crippen LogP) is 3.59. The topological polar surface area (TPSA) is 73.8 Å². The average molecular weight is 537 g/mol. The summed E-state index contributed by atoms with van der Waals surface area (Å²) in [7, 11) is -1.19. The Balaban J connectivity index is 0.00000420. The number of rotatable bonds is 8. The lowest BCUT2D eigenvalue weighted by Crippen LogP contribution is -2.43. The summed E-state index contributed by atoms with van der Waals surface area (Å²) in [6.07, 6.45) is 4.44. The van der Waals surface area contributed by atoms with Crippen molar-refractivity contribution in [1.82, 2.24) is 10.6 Å². The fourth-order valence-electron chi connectivity index (χ4n) is 3.32. The summed E-state index contributed by atoms with van der Waals surface area (Å²) >= 11 is 0. The van der Waals surface area contributed by atoms with Crippen LogP contribution in [0, 0.1) is 5.41 Å². The Kier molecular flexibility index (Phi) is 10.2. The molecule has 0 bridgehead atoms. The Morgan fingerprint density at radius 2 is 1.93 bits per heavy atom. The monoisotopic (exact) mass is 536 g/mol. The van der Waals surface area contributed by atoms with Gasteiger partial charge in [0.15, 0.2) is 5.96 Å². The minimum absolute atomic E-state index is 0. The van der Waals surface area contributed by atoms with Gasteiger partial charge in [0.05, 0.1) is 11.8 Å². The van der Waals surface area contributed by atoms with Crippen molar-refractivity contribution in [2.45, 2.75) is 46.1 Å². The Labute approximate surface area is 193 Å². The minimum Gasteiger partial charge on any atom is -0.372 e. The molecule has 0 saturated carbocycles. The van der Waals surface area contributed by atoms with E-state index in [1.807, 2.05) is 0 Å². The molecule has 166 valence electrons. The SMILES string of the molecule is CN=C(NCC(C)(C)CCS(C)(=O)=O)NC(C)c1cccc(N2CCCC2)c1.I. The van der Waals surface area contributed by atoms with Crippen LogP contribution in [0.1, 0.15) is 51.6 Å². The highest BCUT2D eigenvalue weighted by Gasteiger charge is 2.21. The van der Waals surface area contributed by atoms with E-state index in [1.54, 1.807) is 7.05 Å². The van der Waals surface area contributed by atoms with Gasteiger partial charge in [0.1, 0.15) is 9.84 Å². The molecule has 1 fully saturated rings. The second-order valence-electron chi connectivity index (χ2n) is 8.63. The summed E-state index contributed by atoms with van der Waals surface area (Å²) in [6.45, 7) is 9.20. The van der Waals surface area contributed by atoms with Crippen LogP contribution in [0.25, 0.3) is 0 Å². The molecule has 1 atom stereocenters. The van der Waals surface area contributed by atoms with E-state index in [1.165, 1.54) is 30.3 Å². The first-order valence-electron chi connectivity index (χ1n) is 10.1. The lowest BCUT2D eigenvalue weighted by Gasteiger charge is -2.27. The lowest BCUT2D eigenvalue weighted by atomic mass is 9.90. The molecule has 2 N–H and O–H groups in total. The third-order valence-corrected chi connectivity index (χ3v) is 6.25. The van der Waals surface area contributed by atoms with Gasteiger partial charge in [0.25, 0.3) is 0 Å². The number of sulfone groups is 1. The molecular weight excluding hydrogens is 499 g/mol. The van der Waals surface area contributed by atoms with Crippen LogP contribution in [0.15, 0.2) is 29.3 Å². The van der Waals surface area contributed by atoms with E-state index in [-0.39, 0.29) is 41.2 Å². The van der Waals surface area contributed by atoms with Gasteiger partial charge in [-0.3, -0.25) is 4.99 Å².